The number of carbonyl (C=O) groups excluding carboxylic acids is 1. The maximum Gasteiger partial charge on any atom is 0.348 e. The molecule has 1 N–H and O–H groups in total. The minimum atomic E-state index is -1.81. The van der Waals surface area contributed by atoms with Gasteiger partial charge in [-0.2, -0.15) is 0 Å². The molecule has 0 radical (unpaired) electrons. The van der Waals surface area contributed by atoms with Gasteiger partial charge in [0.2, 0.25) is 5.60 Å². The van der Waals surface area contributed by atoms with E-state index in [1.807, 2.05) is 50.2 Å². The van der Waals surface area contributed by atoms with Crippen molar-refractivity contribution in [3.8, 4) is 0 Å². The molecular formula is C22H27NO3. The Balaban J connectivity index is 1.97. The first kappa shape index (κ1) is 18.6. The van der Waals surface area contributed by atoms with Crippen LogP contribution in [0.3, 0.4) is 0 Å². The fraction of sp³-hybridized carbons (Fsp3) is 0.409. The molecule has 4 nitrogen and oxygen atoms in total. The molecule has 1 heterocycles. The van der Waals surface area contributed by atoms with E-state index in [1.165, 1.54) is 0 Å². The molecule has 0 spiro atoms. The Morgan fingerprint density at radius 1 is 1.23 bits per heavy atom. The maximum absolute atomic E-state index is 13.2. The van der Waals surface area contributed by atoms with Crippen LogP contribution in [-0.4, -0.2) is 41.7 Å². The smallest absolute Gasteiger partial charge is 0.348 e. The third kappa shape index (κ3) is 3.53. The van der Waals surface area contributed by atoms with Gasteiger partial charge in [-0.15, -0.1) is 0 Å². The van der Waals surface area contributed by atoms with Crippen LogP contribution in [0, 0.1) is 13.8 Å². The number of nitrogens with zero attached hydrogens (tertiary/aromatic N) is 1. The van der Waals surface area contributed by atoms with E-state index in [0.717, 1.165) is 37.2 Å². The lowest BCUT2D eigenvalue weighted by Crippen LogP contribution is -2.41. The highest BCUT2D eigenvalue weighted by atomic mass is 16.6. The van der Waals surface area contributed by atoms with Crippen molar-refractivity contribution in [3.63, 3.8) is 0 Å². The highest BCUT2D eigenvalue weighted by molar-refractivity contribution is 5.86. The van der Waals surface area contributed by atoms with Crippen LogP contribution in [0.4, 0.5) is 0 Å². The fourth-order valence-electron chi connectivity index (χ4n) is 3.70. The van der Waals surface area contributed by atoms with Gasteiger partial charge in [0.15, 0.2) is 0 Å². The van der Waals surface area contributed by atoms with E-state index in [0.29, 0.717) is 11.1 Å². The van der Waals surface area contributed by atoms with E-state index in [-0.39, 0.29) is 6.10 Å². The molecule has 0 amide bonds. The molecule has 2 unspecified atom stereocenters. The Labute approximate surface area is 155 Å². The summed E-state index contributed by atoms with van der Waals surface area (Å²) in [7, 11) is 0. The predicted octanol–water partition coefficient (Wildman–Crippen LogP) is 3.18. The minimum absolute atomic E-state index is 0.177. The number of hydrogen-bond acceptors (Lipinski definition) is 4. The first-order chi connectivity index (χ1) is 12.4. The Morgan fingerprint density at radius 2 is 1.96 bits per heavy atom. The second-order valence-corrected chi connectivity index (χ2v) is 7.10. The Morgan fingerprint density at radius 3 is 2.58 bits per heavy atom. The van der Waals surface area contributed by atoms with E-state index in [9.17, 15) is 9.90 Å². The van der Waals surface area contributed by atoms with Crippen LogP contribution < -0.4 is 0 Å². The summed E-state index contributed by atoms with van der Waals surface area (Å²) in [6, 6.07) is 14.8. The van der Waals surface area contributed by atoms with Gasteiger partial charge in [0.05, 0.1) is 0 Å². The number of likely N-dealkylation sites (N-methyl/N-ethyl adjacent to an activating group) is 1. The van der Waals surface area contributed by atoms with Gasteiger partial charge in [-0.1, -0.05) is 61.0 Å². The van der Waals surface area contributed by atoms with Gasteiger partial charge < -0.3 is 9.84 Å². The van der Waals surface area contributed by atoms with Crippen LogP contribution in [0.25, 0.3) is 0 Å². The summed E-state index contributed by atoms with van der Waals surface area (Å²) in [5, 5.41) is 11.6. The van der Waals surface area contributed by atoms with Crippen molar-refractivity contribution >= 4 is 5.97 Å². The molecule has 26 heavy (non-hydrogen) atoms. The molecule has 4 heteroatoms. The van der Waals surface area contributed by atoms with E-state index in [1.54, 1.807) is 12.1 Å². The monoisotopic (exact) mass is 353 g/mol. The van der Waals surface area contributed by atoms with Gasteiger partial charge >= 0.3 is 5.97 Å². The summed E-state index contributed by atoms with van der Waals surface area (Å²) >= 11 is 0. The van der Waals surface area contributed by atoms with E-state index < -0.39 is 11.6 Å². The number of rotatable bonds is 5. The molecule has 1 aliphatic rings. The average molecular weight is 353 g/mol. The molecule has 2 aromatic rings. The molecule has 3 rings (SSSR count). The summed E-state index contributed by atoms with van der Waals surface area (Å²) < 4.78 is 5.77. The number of aliphatic hydroxyl groups is 1. The maximum atomic E-state index is 13.2. The van der Waals surface area contributed by atoms with Crippen LogP contribution in [0.2, 0.25) is 0 Å². The number of hydrogen-bond donors (Lipinski definition) is 1. The molecule has 0 bridgehead atoms. The highest BCUT2D eigenvalue weighted by Crippen LogP contribution is 2.34. The van der Waals surface area contributed by atoms with Gasteiger partial charge in [-0.05, 0) is 37.9 Å². The lowest BCUT2D eigenvalue weighted by molar-refractivity contribution is -0.167. The third-order valence-corrected chi connectivity index (χ3v) is 5.21. The molecular weight excluding hydrogens is 326 g/mol. The lowest BCUT2D eigenvalue weighted by atomic mass is 9.83. The van der Waals surface area contributed by atoms with Crippen LogP contribution in [0.15, 0.2) is 48.5 Å². The highest BCUT2D eigenvalue weighted by Gasteiger charge is 2.44. The summed E-state index contributed by atoms with van der Waals surface area (Å²) in [5.74, 6) is -0.599. The van der Waals surface area contributed by atoms with Crippen molar-refractivity contribution in [2.24, 2.45) is 0 Å². The Hall–Kier alpha value is -2.17. The SMILES string of the molecule is CCN1CCC(OC(=O)C(O)(c2ccccc2)c2ccc(C)cc2C)C1. The van der Waals surface area contributed by atoms with Crippen LogP contribution in [0.5, 0.6) is 0 Å². The molecule has 138 valence electrons. The van der Waals surface area contributed by atoms with Crippen molar-refractivity contribution in [3.05, 3.63) is 70.8 Å². The van der Waals surface area contributed by atoms with Gasteiger partial charge in [0, 0.05) is 18.7 Å². The van der Waals surface area contributed by atoms with E-state index in [2.05, 4.69) is 11.8 Å². The molecule has 1 saturated heterocycles. The zero-order valence-corrected chi connectivity index (χ0v) is 15.7. The quantitative estimate of drug-likeness (QED) is 0.839. The molecule has 2 atom stereocenters. The topological polar surface area (TPSA) is 49.8 Å². The van der Waals surface area contributed by atoms with Crippen LogP contribution in [0.1, 0.15) is 35.6 Å². The largest absolute Gasteiger partial charge is 0.458 e. The van der Waals surface area contributed by atoms with Crippen molar-refractivity contribution in [1.82, 2.24) is 4.90 Å². The molecule has 2 aromatic carbocycles. The van der Waals surface area contributed by atoms with Crippen molar-refractivity contribution in [1.29, 1.82) is 0 Å². The zero-order chi connectivity index (χ0) is 18.7. The molecule has 1 fully saturated rings. The summed E-state index contributed by atoms with van der Waals surface area (Å²) in [6.07, 6.45) is 0.626. The first-order valence-corrected chi connectivity index (χ1v) is 9.24. The second-order valence-electron chi connectivity index (χ2n) is 7.10. The summed E-state index contributed by atoms with van der Waals surface area (Å²) in [5.41, 5.74) is 1.25. The number of aryl methyl sites for hydroxylation is 2. The van der Waals surface area contributed by atoms with Crippen LogP contribution >= 0.6 is 0 Å². The predicted molar refractivity (Wildman–Crippen MR) is 102 cm³/mol. The molecule has 0 saturated carbocycles. The molecule has 0 aliphatic carbocycles. The normalized spacial score (nSPS) is 19.9. The minimum Gasteiger partial charge on any atom is -0.458 e. The van der Waals surface area contributed by atoms with Crippen LogP contribution in [-0.2, 0) is 15.1 Å². The van der Waals surface area contributed by atoms with Crippen molar-refractivity contribution in [2.75, 3.05) is 19.6 Å². The lowest BCUT2D eigenvalue weighted by Gasteiger charge is -2.30. The zero-order valence-electron chi connectivity index (χ0n) is 15.7. The number of benzene rings is 2. The average Bonchev–Trinajstić information content (AvgIpc) is 3.09. The standard InChI is InChI=1S/C22H27NO3/c1-4-23-13-12-19(15-23)26-21(24)22(25,18-8-6-5-7-9-18)20-11-10-16(2)14-17(20)3/h5-11,14,19,25H,4,12-13,15H2,1-3H3. The Kier molecular flexibility index (Phi) is 5.44. The van der Waals surface area contributed by atoms with Crippen molar-refractivity contribution < 1.29 is 14.6 Å². The number of esters is 1. The fourth-order valence-corrected chi connectivity index (χ4v) is 3.70. The third-order valence-electron chi connectivity index (χ3n) is 5.21. The number of likely N-dealkylation sites (tertiary alicyclic amines) is 1. The van der Waals surface area contributed by atoms with Gasteiger partial charge in [0.1, 0.15) is 6.10 Å². The summed E-state index contributed by atoms with van der Waals surface area (Å²) in [6.45, 7) is 8.59. The summed E-state index contributed by atoms with van der Waals surface area (Å²) in [4.78, 5) is 15.4. The van der Waals surface area contributed by atoms with Gasteiger partial charge in [-0.25, -0.2) is 4.79 Å². The first-order valence-electron chi connectivity index (χ1n) is 9.24. The van der Waals surface area contributed by atoms with E-state index in [4.69, 9.17) is 4.74 Å². The van der Waals surface area contributed by atoms with Crippen molar-refractivity contribution in [2.45, 2.75) is 38.9 Å². The number of carbonyl (C=O) groups is 1. The second kappa shape index (κ2) is 7.60. The molecule has 1 aliphatic heterocycles. The van der Waals surface area contributed by atoms with Gasteiger partial charge in [0.25, 0.3) is 0 Å². The molecule has 0 aromatic heterocycles. The number of ether oxygens (including phenoxy) is 1. The Bertz CT molecular complexity index is 774. The van der Waals surface area contributed by atoms with Gasteiger partial charge in [-0.3, -0.25) is 4.90 Å². The van der Waals surface area contributed by atoms with E-state index >= 15 is 0 Å².